The third-order valence-electron chi connectivity index (χ3n) is 2.15. The minimum Gasteiger partial charge on any atom is -0.492 e. The first-order valence-electron chi connectivity index (χ1n) is 5.06. The lowest BCUT2D eigenvalue weighted by Gasteiger charge is -1.96. The molecule has 0 bridgehead atoms. The summed E-state index contributed by atoms with van der Waals surface area (Å²) in [6.45, 7) is 2.24. The van der Waals surface area contributed by atoms with Gasteiger partial charge in [-0.1, -0.05) is 0 Å². The predicted molar refractivity (Wildman–Crippen MR) is 60.8 cm³/mol. The number of hydrogen-bond donors (Lipinski definition) is 2. The summed E-state index contributed by atoms with van der Waals surface area (Å²) in [5, 5.41) is 19.6. The lowest BCUT2D eigenvalue weighted by molar-refractivity contribution is 0.406. The molecule has 0 fully saturated rings. The molecule has 7 heteroatoms. The van der Waals surface area contributed by atoms with Crippen molar-refractivity contribution < 1.29 is 5.11 Å². The maximum Gasteiger partial charge on any atom is 0.296 e. The standard InChI is InChI=1S/C10H11N5O2/c1-2-15-10(17)8(9(16)14-15)13-12-7-4-3-5-11-6-7/h3-6,17H,2H2,1H3,(H,14,16). The summed E-state index contributed by atoms with van der Waals surface area (Å²) in [5.74, 6) is -0.217. The van der Waals surface area contributed by atoms with E-state index in [0.717, 1.165) is 0 Å². The van der Waals surface area contributed by atoms with Crippen LogP contribution in [0.3, 0.4) is 0 Å². The first-order valence-corrected chi connectivity index (χ1v) is 5.06. The van der Waals surface area contributed by atoms with Crippen molar-refractivity contribution in [1.29, 1.82) is 0 Å². The summed E-state index contributed by atoms with van der Waals surface area (Å²) in [6.07, 6.45) is 3.11. The molecule has 0 aromatic carbocycles. The first-order chi connectivity index (χ1) is 8.22. The van der Waals surface area contributed by atoms with Gasteiger partial charge in [0.05, 0.1) is 6.20 Å². The molecule has 0 aliphatic rings. The molecule has 0 atom stereocenters. The summed E-state index contributed by atoms with van der Waals surface area (Å²) >= 11 is 0. The van der Waals surface area contributed by atoms with Crippen LogP contribution in [0.4, 0.5) is 11.4 Å². The zero-order chi connectivity index (χ0) is 12.3. The summed E-state index contributed by atoms with van der Waals surface area (Å²) in [5.41, 5.74) is -0.0664. The Hall–Kier alpha value is -2.44. The Labute approximate surface area is 96.4 Å². The van der Waals surface area contributed by atoms with Crippen molar-refractivity contribution in [2.24, 2.45) is 10.2 Å². The van der Waals surface area contributed by atoms with Crippen LogP contribution in [0.15, 0.2) is 39.5 Å². The van der Waals surface area contributed by atoms with Gasteiger partial charge in [0.25, 0.3) is 5.56 Å². The van der Waals surface area contributed by atoms with E-state index in [0.29, 0.717) is 12.2 Å². The van der Waals surface area contributed by atoms with Gasteiger partial charge >= 0.3 is 0 Å². The van der Waals surface area contributed by atoms with Crippen molar-refractivity contribution in [3.8, 4) is 5.88 Å². The van der Waals surface area contributed by atoms with Gasteiger partial charge in [0, 0.05) is 12.7 Å². The summed E-state index contributed by atoms with van der Waals surface area (Å²) in [6, 6.07) is 3.40. The molecule has 2 N–H and O–H groups in total. The molecule has 0 radical (unpaired) electrons. The monoisotopic (exact) mass is 233 g/mol. The van der Waals surface area contributed by atoms with E-state index in [9.17, 15) is 9.90 Å². The van der Waals surface area contributed by atoms with Gasteiger partial charge in [-0.05, 0) is 19.1 Å². The highest BCUT2D eigenvalue weighted by molar-refractivity contribution is 5.45. The number of azo groups is 1. The average molecular weight is 233 g/mol. The third-order valence-corrected chi connectivity index (χ3v) is 2.15. The van der Waals surface area contributed by atoms with Gasteiger partial charge in [0.1, 0.15) is 5.69 Å². The number of pyridine rings is 1. The molecule has 2 aromatic heterocycles. The largest absolute Gasteiger partial charge is 0.492 e. The molecule has 7 nitrogen and oxygen atoms in total. The van der Waals surface area contributed by atoms with Crippen LogP contribution in [0.5, 0.6) is 5.88 Å². The molecular weight excluding hydrogens is 222 g/mol. The van der Waals surface area contributed by atoms with Gasteiger partial charge in [-0.25, -0.2) is 0 Å². The molecule has 88 valence electrons. The fraction of sp³-hybridized carbons (Fsp3) is 0.200. The number of rotatable bonds is 3. The summed E-state index contributed by atoms with van der Waals surface area (Å²) < 4.78 is 1.29. The summed E-state index contributed by atoms with van der Waals surface area (Å²) in [4.78, 5) is 15.3. The van der Waals surface area contributed by atoms with E-state index in [2.05, 4.69) is 20.3 Å². The Kier molecular flexibility index (Phi) is 2.99. The Morgan fingerprint density at radius 1 is 1.53 bits per heavy atom. The number of aromatic nitrogens is 3. The van der Waals surface area contributed by atoms with Crippen LogP contribution in [0.2, 0.25) is 0 Å². The SMILES string of the molecule is CCn1[nH]c(=O)c(N=Nc2cccnc2)c1O. The van der Waals surface area contributed by atoms with Crippen LogP contribution < -0.4 is 5.56 Å². The highest BCUT2D eigenvalue weighted by Crippen LogP contribution is 2.23. The van der Waals surface area contributed by atoms with Crippen molar-refractivity contribution in [3.05, 3.63) is 34.9 Å². The average Bonchev–Trinajstić information content (AvgIpc) is 2.63. The molecular formula is C10H11N5O2. The van der Waals surface area contributed by atoms with Crippen LogP contribution in [0, 0.1) is 0 Å². The van der Waals surface area contributed by atoms with Crippen LogP contribution in [0.1, 0.15) is 6.92 Å². The van der Waals surface area contributed by atoms with Crippen LogP contribution in [0.25, 0.3) is 0 Å². The molecule has 2 rings (SSSR count). The Morgan fingerprint density at radius 2 is 2.35 bits per heavy atom. The van der Waals surface area contributed by atoms with Crippen LogP contribution in [-0.2, 0) is 6.54 Å². The normalized spacial score (nSPS) is 11.1. The lowest BCUT2D eigenvalue weighted by atomic mass is 10.4. The molecule has 0 spiro atoms. The number of H-pyrrole nitrogens is 1. The van der Waals surface area contributed by atoms with Crippen molar-refractivity contribution in [2.75, 3.05) is 0 Å². The second-order valence-corrected chi connectivity index (χ2v) is 3.27. The molecule has 0 amide bonds. The quantitative estimate of drug-likeness (QED) is 0.790. The van der Waals surface area contributed by atoms with E-state index in [1.165, 1.54) is 10.9 Å². The molecule has 0 saturated heterocycles. The number of nitrogens with one attached hydrogen (secondary N) is 1. The van der Waals surface area contributed by atoms with Gasteiger partial charge in [-0.3, -0.25) is 19.6 Å². The number of aromatic amines is 1. The van der Waals surface area contributed by atoms with Crippen molar-refractivity contribution in [3.63, 3.8) is 0 Å². The first kappa shape index (κ1) is 11.1. The van der Waals surface area contributed by atoms with Crippen molar-refractivity contribution in [2.45, 2.75) is 13.5 Å². The molecule has 2 aromatic rings. The number of nitrogens with zero attached hydrogens (tertiary/aromatic N) is 4. The van der Waals surface area contributed by atoms with Crippen LogP contribution in [-0.4, -0.2) is 19.9 Å². The third kappa shape index (κ3) is 2.22. The zero-order valence-corrected chi connectivity index (χ0v) is 9.16. The molecule has 0 aliphatic heterocycles. The van der Waals surface area contributed by atoms with E-state index < -0.39 is 5.56 Å². The maximum atomic E-state index is 11.4. The van der Waals surface area contributed by atoms with Gasteiger partial charge in [0.2, 0.25) is 11.6 Å². The second kappa shape index (κ2) is 4.60. The van der Waals surface area contributed by atoms with Gasteiger partial charge in [0.15, 0.2) is 0 Å². The smallest absolute Gasteiger partial charge is 0.296 e. The fourth-order valence-electron chi connectivity index (χ4n) is 1.30. The number of hydrogen-bond acceptors (Lipinski definition) is 5. The molecule has 0 saturated carbocycles. The van der Waals surface area contributed by atoms with E-state index in [1.54, 1.807) is 25.3 Å². The Bertz CT molecular complexity index is 584. The Morgan fingerprint density at radius 3 is 2.94 bits per heavy atom. The van der Waals surface area contributed by atoms with Crippen LogP contribution >= 0.6 is 0 Å². The van der Waals surface area contributed by atoms with Crippen molar-refractivity contribution >= 4 is 11.4 Å². The molecule has 0 unspecified atom stereocenters. The lowest BCUT2D eigenvalue weighted by Crippen LogP contribution is -2.03. The minimum absolute atomic E-state index is 0.101. The summed E-state index contributed by atoms with van der Waals surface area (Å²) in [7, 11) is 0. The Balaban J connectivity index is 2.34. The van der Waals surface area contributed by atoms with E-state index in [-0.39, 0.29) is 11.6 Å². The van der Waals surface area contributed by atoms with Gasteiger partial charge in [-0.15, -0.1) is 10.2 Å². The fourth-order valence-corrected chi connectivity index (χ4v) is 1.30. The van der Waals surface area contributed by atoms with E-state index >= 15 is 0 Å². The molecule has 2 heterocycles. The minimum atomic E-state index is -0.475. The predicted octanol–water partition coefficient (Wildman–Crippen LogP) is 1.71. The van der Waals surface area contributed by atoms with Gasteiger partial charge in [-0.2, -0.15) is 0 Å². The zero-order valence-electron chi connectivity index (χ0n) is 9.16. The highest BCUT2D eigenvalue weighted by atomic mass is 16.3. The topological polar surface area (TPSA) is 95.6 Å². The maximum absolute atomic E-state index is 11.4. The molecule has 17 heavy (non-hydrogen) atoms. The highest BCUT2D eigenvalue weighted by Gasteiger charge is 2.11. The van der Waals surface area contributed by atoms with Gasteiger partial charge < -0.3 is 5.11 Å². The number of aryl methyl sites for hydroxylation is 1. The second-order valence-electron chi connectivity index (χ2n) is 3.27. The van der Waals surface area contributed by atoms with E-state index in [4.69, 9.17) is 0 Å². The molecule has 0 aliphatic carbocycles. The number of aromatic hydroxyl groups is 1. The van der Waals surface area contributed by atoms with Crippen molar-refractivity contribution in [1.82, 2.24) is 14.8 Å². The van der Waals surface area contributed by atoms with E-state index in [1.807, 2.05) is 0 Å².